The maximum atomic E-state index is 12.0. The Kier molecular flexibility index (Phi) is 5.07. The molecule has 1 saturated carbocycles. The van der Waals surface area contributed by atoms with Gasteiger partial charge >= 0.3 is 12.1 Å². The predicted octanol–water partition coefficient (Wildman–Crippen LogP) is 3.59. The molecule has 0 aromatic heterocycles. The SMILES string of the molecule is CC1/C=C2\CC(CC(C)C1)C2[C@H](NC(=O)OC(C)(C)C)C(=O)O. The molecule has 3 rings (SSSR count). The zero-order valence-electron chi connectivity index (χ0n) is 14.8. The first kappa shape index (κ1) is 17.8. The van der Waals surface area contributed by atoms with E-state index < -0.39 is 23.7 Å². The van der Waals surface area contributed by atoms with Crippen LogP contribution in [0.3, 0.4) is 0 Å². The van der Waals surface area contributed by atoms with Crippen molar-refractivity contribution < 1.29 is 19.4 Å². The molecule has 5 nitrogen and oxygen atoms in total. The molecule has 2 bridgehead atoms. The number of hydrogen-bond donors (Lipinski definition) is 2. The summed E-state index contributed by atoms with van der Waals surface area (Å²) in [7, 11) is 0. The van der Waals surface area contributed by atoms with E-state index in [1.54, 1.807) is 20.8 Å². The maximum absolute atomic E-state index is 12.0. The van der Waals surface area contributed by atoms with Crippen LogP contribution in [0.4, 0.5) is 4.79 Å². The van der Waals surface area contributed by atoms with Gasteiger partial charge in [-0.05, 0) is 57.8 Å². The Labute approximate surface area is 138 Å². The van der Waals surface area contributed by atoms with Gasteiger partial charge in [0.2, 0.25) is 0 Å². The van der Waals surface area contributed by atoms with Crippen LogP contribution in [0, 0.1) is 23.7 Å². The fourth-order valence-electron chi connectivity index (χ4n) is 4.02. The van der Waals surface area contributed by atoms with Crippen LogP contribution in [0.15, 0.2) is 11.6 Å². The van der Waals surface area contributed by atoms with Crippen LogP contribution in [0.25, 0.3) is 0 Å². The van der Waals surface area contributed by atoms with Crippen molar-refractivity contribution in [3.63, 3.8) is 0 Å². The molecule has 3 aliphatic carbocycles. The van der Waals surface area contributed by atoms with Gasteiger partial charge in [-0.2, -0.15) is 0 Å². The predicted molar refractivity (Wildman–Crippen MR) is 88.0 cm³/mol. The molecule has 5 atom stereocenters. The van der Waals surface area contributed by atoms with Gasteiger partial charge < -0.3 is 15.2 Å². The first-order valence-electron chi connectivity index (χ1n) is 8.49. The summed E-state index contributed by atoms with van der Waals surface area (Å²) in [5.41, 5.74) is 0.539. The molecule has 1 fully saturated rings. The Balaban J connectivity index is 2.15. The van der Waals surface area contributed by atoms with Gasteiger partial charge in [0.05, 0.1) is 0 Å². The van der Waals surface area contributed by atoms with E-state index in [4.69, 9.17) is 4.74 Å². The van der Waals surface area contributed by atoms with E-state index in [0.717, 1.165) is 19.3 Å². The van der Waals surface area contributed by atoms with Crippen LogP contribution >= 0.6 is 0 Å². The normalized spacial score (nSPS) is 34.0. The quantitative estimate of drug-likeness (QED) is 0.778. The number of hydrogen-bond acceptors (Lipinski definition) is 3. The molecule has 0 aromatic rings. The molecule has 0 saturated heterocycles. The Hall–Kier alpha value is -1.52. The van der Waals surface area contributed by atoms with Crippen molar-refractivity contribution in [2.75, 3.05) is 0 Å². The number of ether oxygens (including phenoxy) is 1. The summed E-state index contributed by atoms with van der Waals surface area (Å²) in [5, 5.41) is 12.2. The number of fused-ring (bicyclic) bond motifs is 4. The lowest BCUT2D eigenvalue weighted by molar-refractivity contribution is -0.142. The van der Waals surface area contributed by atoms with Crippen LogP contribution in [0.5, 0.6) is 0 Å². The van der Waals surface area contributed by atoms with E-state index in [9.17, 15) is 14.7 Å². The summed E-state index contributed by atoms with van der Waals surface area (Å²) in [5.74, 6) is 0.272. The largest absolute Gasteiger partial charge is 0.480 e. The summed E-state index contributed by atoms with van der Waals surface area (Å²) in [6.45, 7) is 9.70. The highest BCUT2D eigenvalue weighted by atomic mass is 16.6. The van der Waals surface area contributed by atoms with Crippen LogP contribution in [0.1, 0.15) is 53.9 Å². The van der Waals surface area contributed by atoms with Crippen LogP contribution < -0.4 is 5.32 Å². The highest BCUT2D eigenvalue weighted by Gasteiger charge is 2.46. The molecule has 3 aliphatic rings. The Morgan fingerprint density at radius 1 is 1.30 bits per heavy atom. The van der Waals surface area contributed by atoms with Gasteiger partial charge in [-0.15, -0.1) is 0 Å². The molecule has 130 valence electrons. The molecular formula is C18H29NO4. The third-order valence-electron chi connectivity index (χ3n) is 4.71. The second-order valence-corrected chi connectivity index (χ2v) is 8.25. The van der Waals surface area contributed by atoms with Gasteiger partial charge in [0.1, 0.15) is 11.6 Å². The lowest BCUT2D eigenvalue weighted by Crippen LogP contribution is -2.54. The second-order valence-electron chi connectivity index (χ2n) is 8.25. The molecule has 0 heterocycles. The number of alkyl carbamates (subject to hydrolysis) is 1. The number of amides is 1. The van der Waals surface area contributed by atoms with Crippen molar-refractivity contribution in [1.29, 1.82) is 0 Å². The van der Waals surface area contributed by atoms with Crippen molar-refractivity contribution in [2.24, 2.45) is 23.7 Å². The first-order chi connectivity index (χ1) is 10.6. The van der Waals surface area contributed by atoms with Gasteiger partial charge in [0.15, 0.2) is 0 Å². The fraction of sp³-hybridized carbons (Fsp3) is 0.778. The van der Waals surface area contributed by atoms with Gasteiger partial charge in [-0.3, -0.25) is 0 Å². The minimum Gasteiger partial charge on any atom is -0.480 e. The third kappa shape index (κ3) is 4.49. The first-order valence-corrected chi connectivity index (χ1v) is 8.49. The molecule has 0 aromatic carbocycles. The summed E-state index contributed by atoms with van der Waals surface area (Å²) in [6, 6.07) is -0.910. The Morgan fingerprint density at radius 3 is 2.52 bits per heavy atom. The number of carboxylic acid groups (broad SMARTS) is 1. The van der Waals surface area contributed by atoms with E-state index in [1.807, 2.05) is 0 Å². The lowest BCUT2D eigenvalue weighted by atomic mass is 9.60. The minimum atomic E-state index is -0.989. The van der Waals surface area contributed by atoms with Crippen molar-refractivity contribution in [1.82, 2.24) is 5.32 Å². The molecule has 2 N–H and O–H groups in total. The standard InChI is InChI=1S/C18H29NO4/c1-10-6-11(2)8-13-9-12(7-10)14(13)15(16(20)21)19-17(22)23-18(3,4)5/h7,10-11,13-15H,6,8-9H2,1-5H3,(H,19,22)(H,20,21)/b12-7+/t10?,11?,13?,14?,15-/m0/s1. The zero-order chi connectivity index (χ0) is 17.4. The molecule has 23 heavy (non-hydrogen) atoms. The molecule has 5 heteroatoms. The fourth-order valence-corrected chi connectivity index (χ4v) is 4.02. The number of allylic oxidation sites excluding steroid dienone is 1. The molecular weight excluding hydrogens is 294 g/mol. The smallest absolute Gasteiger partial charge is 0.408 e. The van der Waals surface area contributed by atoms with Gasteiger partial charge in [0.25, 0.3) is 0 Å². The Bertz CT molecular complexity index is 506. The van der Waals surface area contributed by atoms with Gasteiger partial charge in [-0.1, -0.05) is 25.5 Å². The highest BCUT2D eigenvalue weighted by molar-refractivity contribution is 5.81. The summed E-state index contributed by atoms with van der Waals surface area (Å²) >= 11 is 0. The number of carboxylic acids is 1. The second kappa shape index (κ2) is 6.54. The summed E-state index contributed by atoms with van der Waals surface area (Å²) in [6.07, 6.45) is 4.67. The minimum absolute atomic E-state index is 0.106. The maximum Gasteiger partial charge on any atom is 0.408 e. The van der Waals surface area contributed by atoms with Gasteiger partial charge in [0, 0.05) is 5.92 Å². The number of rotatable bonds is 3. The van der Waals surface area contributed by atoms with E-state index in [0.29, 0.717) is 17.8 Å². The van der Waals surface area contributed by atoms with Crippen molar-refractivity contribution in [2.45, 2.75) is 65.5 Å². The monoisotopic (exact) mass is 323 g/mol. The summed E-state index contributed by atoms with van der Waals surface area (Å²) in [4.78, 5) is 23.7. The average Bonchev–Trinajstić information content (AvgIpc) is 2.31. The van der Waals surface area contributed by atoms with E-state index in [-0.39, 0.29) is 5.92 Å². The topological polar surface area (TPSA) is 75.6 Å². The summed E-state index contributed by atoms with van der Waals surface area (Å²) < 4.78 is 5.22. The van der Waals surface area contributed by atoms with E-state index in [1.165, 1.54) is 5.57 Å². The van der Waals surface area contributed by atoms with Crippen LogP contribution in [0.2, 0.25) is 0 Å². The Morgan fingerprint density at radius 2 is 1.96 bits per heavy atom. The average molecular weight is 323 g/mol. The van der Waals surface area contributed by atoms with E-state index in [2.05, 4.69) is 25.2 Å². The molecule has 0 spiro atoms. The van der Waals surface area contributed by atoms with Crippen molar-refractivity contribution in [3.8, 4) is 0 Å². The van der Waals surface area contributed by atoms with Gasteiger partial charge in [-0.25, -0.2) is 9.59 Å². The van der Waals surface area contributed by atoms with Crippen molar-refractivity contribution >= 4 is 12.1 Å². The number of nitrogens with one attached hydrogen (secondary N) is 1. The van der Waals surface area contributed by atoms with E-state index >= 15 is 0 Å². The number of aliphatic carboxylic acids is 1. The third-order valence-corrected chi connectivity index (χ3v) is 4.71. The number of carbonyl (C=O) groups excluding carboxylic acids is 1. The van der Waals surface area contributed by atoms with Crippen molar-refractivity contribution in [3.05, 3.63) is 11.6 Å². The molecule has 0 radical (unpaired) electrons. The van der Waals surface area contributed by atoms with Crippen LogP contribution in [-0.4, -0.2) is 28.8 Å². The zero-order valence-corrected chi connectivity index (χ0v) is 14.8. The number of carbonyl (C=O) groups is 2. The van der Waals surface area contributed by atoms with Crippen LogP contribution in [-0.2, 0) is 9.53 Å². The molecule has 4 unspecified atom stereocenters. The molecule has 0 aliphatic heterocycles. The molecule has 1 amide bonds. The highest BCUT2D eigenvalue weighted by Crippen LogP contribution is 2.48. The lowest BCUT2D eigenvalue weighted by Gasteiger charge is -2.46.